The van der Waals surface area contributed by atoms with E-state index in [9.17, 15) is 9.90 Å². The van der Waals surface area contributed by atoms with Gasteiger partial charge in [-0.1, -0.05) is 40.2 Å². The van der Waals surface area contributed by atoms with Crippen LogP contribution >= 0.6 is 22.9 Å². The zero-order valence-electron chi connectivity index (χ0n) is 22.6. The summed E-state index contributed by atoms with van der Waals surface area (Å²) in [6, 6.07) is 9.58. The molecule has 0 radical (unpaired) electrons. The number of carbonyl (C=O) groups is 1. The Morgan fingerprint density at radius 1 is 1.22 bits per heavy atom. The Balaban J connectivity index is 1.01. The number of anilines is 1. The zero-order valence-corrected chi connectivity index (χ0v) is 24.2. The molecule has 4 fully saturated rings. The highest BCUT2D eigenvalue weighted by Gasteiger charge is 2.47. The van der Waals surface area contributed by atoms with Crippen LogP contribution in [0.2, 0.25) is 5.02 Å². The molecule has 0 spiro atoms. The first kappa shape index (κ1) is 25.6. The molecule has 3 heterocycles. The number of aromatic carboxylic acids is 1. The van der Waals surface area contributed by atoms with Crippen molar-refractivity contribution in [2.24, 2.45) is 5.92 Å². The fraction of sp³-hybridized carbons (Fsp3) is 0.452. The molecule has 4 aromatic rings. The lowest BCUT2D eigenvalue weighted by Gasteiger charge is -2.31. The molecule has 212 valence electrons. The van der Waals surface area contributed by atoms with Crippen LogP contribution in [0.1, 0.15) is 71.7 Å². The summed E-state index contributed by atoms with van der Waals surface area (Å²) in [4.78, 5) is 19.1. The van der Waals surface area contributed by atoms with Crippen LogP contribution in [0.3, 0.4) is 0 Å². The molecule has 3 atom stereocenters. The lowest BCUT2D eigenvalue weighted by atomic mass is 10.00. The Morgan fingerprint density at radius 2 is 2.07 bits per heavy atom. The first-order valence-corrected chi connectivity index (χ1v) is 15.6. The molecule has 3 aliphatic carbocycles. The van der Waals surface area contributed by atoms with Crippen molar-refractivity contribution in [2.75, 3.05) is 11.4 Å². The first-order chi connectivity index (χ1) is 19.9. The third-order valence-corrected chi connectivity index (χ3v) is 10.3. The van der Waals surface area contributed by atoms with Crippen molar-refractivity contribution in [3.8, 4) is 17.0 Å². The first-order valence-electron chi connectivity index (χ1n) is 14.4. The number of thiazole rings is 1. The van der Waals surface area contributed by atoms with Gasteiger partial charge in [0, 0.05) is 35.5 Å². The molecule has 2 aromatic heterocycles. The highest BCUT2D eigenvalue weighted by Crippen LogP contribution is 2.48. The SMILES string of the molecule is Cc1cccc(Cl)c1-c1noc(C2CC2)c1CO[C@@H]1C[C@@H]2C[C@H]1CN2c1nc2c(OC3CC3)cc(C(=O)O)cc2s1. The van der Waals surface area contributed by atoms with E-state index >= 15 is 0 Å². The van der Waals surface area contributed by atoms with Gasteiger partial charge in [-0.25, -0.2) is 9.78 Å². The number of rotatable bonds is 9. The van der Waals surface area contributed by atoms with E-state index in [1.807, 2.05) is 25.1 Å². The maximum Gasteiger partial charge on any atom is 0.335 e. The van der Waals surface area contributed by atoms with Gasteiger partial charge in [0.15, 0.2) is 5.13 Å². The van der Waals surface area contributed by atoms with Gasteiger partial charge >= 0.3 is 5.97 Å². The number of nitrogens with zero attached hydrogens (tertiary/aromatic N) is 3. The zero-order chi connectivity index (χ0) is 27.8. The Morgan fingerprint density at radius 3 is 2.78 bits per heavy atom. The average molecular weight is 592 g/mol. The van der Waals surface area contributed by atoms with Crippen LogP contribution in [-0.2, 0) is 11.3 Å². The predicted molar refractivity (Wildman–Crippen MR) is 156 cm³/mol. The third-order valence-electron chi connectivity index (χ3n) is 8.90. The van der Waals surface area contributed by atoms with Crippen molar-refractivity contribution >= 4 is 44.3 Å². The van der Waals surface area contributed by atoms with Gasteiger partial charge in [-0.3, -0.25) is 0 Å². The van der Waals surface area contributed by atoms with Crippen molar-refractivity contribution in [1.29, 1.82) is 0 Å². The molecule has 1 saturated heterocycles. The lowest BCUT2D eigenvalue weighted by Crippen LogP contribution is -2.38. The fourth-order valence-electron chi connectivity index (χ4n) is 6.48. The second-order valence-electron chi connectivity index (χ2n) is 11.9. The number of hydrogen-bond donors (Lipinski definition) is 1. The van der Waals surface area contributed by atoms with Crippen LogP contribution in [-0.4, -0.2) is 46.0 Å². The van der Waals surface area contributed by atoms with Crippen molar-refractivity contribution in [3.05, 3.63) is 57.8 Å². The summed E-state index contributed by atoms with van der Waals surface area (Å²) in [6.07, 6.45) is 6.55. The van der Waals surface area contributed by atoms with Crippen LogP contribution in [0.4, 0.5) is 5.13 Å². The normalized spacial score (nSPS) is 23.6. The quantitative estimate of drug-likeness (QED) is 0.218. The Hall–Kier alpha value is -3.14. The lowest BCUT2D eigenvalue weighted by molar-refractivity contribution is 0.0122. The molecule has 3 saturated carbocycles. The maximum atomic E-state index is 11.7. The second kappa shape index (κ2) is 9.71. The molecule has 41 heavy (non-hydrogen) atoms. The molecule has 1 aliphatic heterocycles. The number of fused-ring (bicyclic) bond motifs is 3. The van der Waals surface area contributed by atoms with E-state index in [4.69, 9.17) is 30.6 Å². The number of piperidine rings is 1. The number of aromatic nitrogens is 2. The van der Waals surface area contributed by atoms with E-state index in [-0.39, 0.29) is 17.8 Å². The number of aryl methyl sites for hydroxylation is 1. The maximum absolute atomic E-state index is 11.7. The minimum absolute atomic E-state index is 0.153. The third kappa shape index (κ3) is 4.58. The number of halogens is 1. The minimum atomic E-state index is -0.951. The van der Waals surface area contributed by atoms with E-state index in [0.717, 1.165) is 88.6 Å². The van der Waals surface area contributed by atoms with Gasteiger partial charge in [-0.15, -0.1) is 0 Å². The van der Waals surface area contributed by atoms with Gasteiger partial charge in [0.25, 0.3) is 0 Å². The Kier molecular flexibility index (Phi) is 6.05. The molecular weight excluding hydrogens is 562 g/mol. The molecule has 10 heteroatoms. The van der Waals surface area contributed by atoms with E-state index < -0.39 is 5.97 Å². The largest absolute Gasteiger partial charge is 0.488 e. The monoisotopic (exact) mass is 591 g/mol. The van der Waals surface area contributed by atoms with Gasteiger partial charge in [-0.05, 0) is 69.2 Å². The molecule has 8 nitrogen and oxygen atoms in total. The number of carboxylic acids is 1. The standard InChI is InChI=1S/C31H30ClN3O5S/c1-15-3-2-4-22(32)26(15)27-21(29(40-34-27)16-5-6-16)14-38-23-12-19-9-18(23)13-35(19)31-33-28-24(39-20-7-8-20)10-17(30(36)37)11-25(28)41-31/h2-4,10-11,16,18-20,23H,5-9,12-14H2,1H3,(H,36,37)/t18-,19-,23+/m0/s1. The molecule has 2 aromatic carbocycles. The topological polar surface area (TPSA) is 97.9 Å². The van der Waals surface area contributed by atoms with Gasteiger partial charge < -0.3 is 24.0 Å². The minimum Gasteiger partial charge on any atom is -0.488 e. The molecule has 1 N–H and O–H groups in total. The van der Waals surface area contributed by atoms with Crippen molar-refractivity contribution < 1.29 is 23.9 Å². The second-order valence-corrected chi connectivity index (χ2v) is 13.3. The summed E-state index contributed by atoms with van der Waals surface area (Å²) in [5.41, 5.74) is 4.84. The number of carboxylic acid groups (broad SMARTS) is 1. The van der Waals surface area contributed by atoms with Gasteiger partial charge in [0.2, 0.25) is 0 Å². The molecule has 4 aliphatic rings. The highest BCUT2D eigenvalue weighted by atomic mass is 35.5. The molecule has 0 unspecified atom stereocenters. The number of benzene rings is 2. The summed E-state index contributed by atoms with van der Waals surface area (Å²) < 4.78 is 19.4. The molecule has 0 amide bonds. The van der Waals surface area contributed by atoms with Crippen molar-refractivity contribution in [1.82, 2.24) is 10.1 Å². The van der Waals surface area contributed by atoms with Crippen LogP contribution in [0.25, 0.3) is 21.5 Å². The van der Waals surface area contributed by atoms with Crippen molar-refractivity contribution in [2.45, 2.75) is 76.2 Å². The van der Waals surface area contributed by atoms with E-state index in [1.54, 1.807) is 23.5 Å². The van der Waals surface area contributed by atoms with Gasteiger partial charge in [0.1, 0.15) is 22.7 Å². The summed E-state index contributed by atoms with van der Waals surface area (Å²) in [5.74, 6) is 1.40. The van der Waals surface area contributed by atoms with Crippen molar-refractivity contribution in [3.63, 3.8) is 0 Å². The highest BCUT2D eigenvalue weighted by molar-refractivity contribution is 7.22. The van der Waals surface area contributed by atoms with Gasteiger partial charge in [0.05, 0.1) is 34.1 Å². The molecule has 2 bridgehead atoms. The number of ether oxygens (including phenoxy) is 2. The molecular formula is C31H30ClN3O5S. The predicted octanol–water partition coefficient (Wildman–Crippen LogP) is 7.21. The summed E-state index contributed by atoms with van der Waals surface area (Å²) in [5, 5.41) is 15.7. The van der Waals surface area contributed by atoms with E-state index in [0.29, 0.717) is 35.3 Å². The van der Waals surface area contributed by atoms with Crippen LogP contribution in [0, 0.1) is 12.8 Å². The van der Waals surface area contributed by atoms with E-state index in [1.165, 1.54) is 0 Å². The van der Waals surface area contributed by atoms with Crippen LogP contribution in [0.5, 0.6) is 5.75 Å². The summed E-state index contributed by atoms with van der Waals surface area (Å²) in [6.45, 7) is 3.38. The van der Waals surface area contributed by atoms with Gasteiger partial charge in [-0.2, -0.15) is 0 Å². The fourth-order valence-corrected chi connectivity index (χ4v) is 7.89. The Labute approximate surface area is 246 Å². The number of hydrogen-bond acceptors (Lipinski definition) is 8. The smallest absolute Gasteiger partial charge is 0.335 e. The molecule has 8 rings (SSSR count). The Bertz CT molecular complexity index is 1660. The summed E-state index contributed by atoms with van der Waals surface area (Å²) in [7, 11) is 0. The average Bonchev–Trinajstić information content (AvgIpc) is 3.77. The van der Waals surface area contributed by atoms with Crippen LogP contribution < -0.4 is 9.64 Å². The van der Waals surface area contributed by atoms with E-state index in [2.05, 4.69) is 10.1 Å². The summed E-state index contributed by atoms with van der Waals surface area (Å²) >= 11 is 8.17. The van der Waals surface area contributed by atoms with Crippen LogP contribution in [0.15, 0.2) is 34.9 Å².